The van der Waals surface area contributed by atoms with Crippen molar-refractivity contribution in [3.63, 3.8) is 0 Å². The highest BCUT2D eigenvalue weighted by atomic mass is 35.5. The molecule has 1 aromatic heterocycles. The average Bonchev–Trinajstić information content (AvgIpc) is 3.19. The van der Waals surface area contributed by atoms with E-state index in [9.17, 15) is 19.7 Å². The lowest BCUT2D eigenvalue weighted by Gasteiger charge is -2.12. The number of nitro benzene ring substituents is 1. The number of ether oxygens (including phenoxy) is 1. The Kier molecular flexibility index (Phi) is 5.33. The Bertz CT molecular complexity index is 1190. The number of para-hydroxylation sites is 1. The van der Waals surface area contributed by atoms with Crippen molar-refractivity contribution >= 4 is 45.8 Å². The van der Waals surface area contributed by atoms with Gasteiger partial charge < -0.3 is 10.1 Å². The van der Waals surface area contributed by atoms with Gasteiger partial charge in [-0.3, -0.25) is 19.9 Å². The number of hydrogen-bond donors (Lipinski definition) is 1. The largest absolute Gasteiger partial charge is 0.452 e. The van der Waals surface area contributed by atoms with Crippen molar-refractivity contribution < 1.29 is 19.2 Å². The Hall–Kier alpha value is -3.52. The SMILES string of the molecule is O=C(COC(=O)c1c2c(nc3ccccc13)CCC2)Nc1ccc(Cl)c([N+](=O)[O-])c1. The second-order valence-corrected chi connectivity index (χ2v) is 7.24. The lowest BCUT2D eigenvalue weighted by molar-refractivity contribution is -0.384. The predicted molar refractivity (Wildman–Crippen MR) is 111 cm³/mol. The first-order valence-corrected chi connectivity index (χ1v) is 9.63. The van der Waals surface area contributed by atoms with Gasteiger partial charge in [-0.1, -0.05) is 29.8 Å². The van der Waals surface area contributed by atoms with Crippen LogP contribution in [0.4, 0.5) is 11.4 Å². The molecule has 0 bridgehead atoms. The Morgan fingerprint density at radius 3 is 2.80 bits per heavy atom. The van der Waals surface area contributed by atoms with Crippen LogP contribution in [0.25, 0.3) is 10.9 Å². The van der Waals surface area contributed by atoms with E-state index in [1.807, 2.05) is 24.3 Å². The topological polar surface area (TPSA) is 111 Å². The molecule has 30 heavy (non-hydrogen) atoms. The van der Waals surface area contributed by atoms with E-state index in [4.69, 9.17) is 16.3 Å². The molecule has 0 fully saturated rings. The van der Waals surface area contributed by atoms with Gasteiger partial charge in [0, 0.05) is 22.8 Å². The van der Waals surface area contributed by atoms with Crippen LogP contribution in [0.1, 0.15) is 28.0 Å². The zero-order valence-electron chi connectivity index (χ0n) is 15.7. The highest BCUT2D eigenvalue weighted by molar-refractivity contribution is 6.32. The third kappa shape index (κ3) is 3.81. The van der Waals surface area contributed by atoms with Gasteiger partial charge in [0.15, 0.2) is 6.61 Å². The zero-order chi connectivity index (χ0) is 21.3. The fourth-order valence-corrected chi connectivity index (χ4v) is 3.76. The van der Waals surface area contributed by atoms with Gasteiger partial charge in [-0.05, 0) is 43.0 Å². The van der Waals surface area contributed by atoms with Crippen molar-refractivity contribution in [3.8, 4) is 0 Å². The maximum atomic E-state index is 12.8. The first kappa shape index (κ1) is 19.8. The van der Waals surface area contributed by atoms with E-state index >= 15 is 0 Å². The fraction of sp³-hybridized carbons (Fsp3) is 0.190. The van der Waals surface area contributed by atoms with Crippen molar-refractivity contribution in [2.45, 2.75) is 19.3 Å². The summed E-state index contributed by atoms with van der Waals surface area (Å²) in [5.74, 6) is -1.21. The van der Waals surface area contributed by atoms with Crippen LogP contribution in [0.2, 0.25) is 5.02 Å². The van der Waals surface area contributed by atoms with Gasteiger partial charge in [0.1, 0.15) is 5.02 Å². The Balaban J connectivity index is 1.50. The molecule has 1 heterocycles. The van der Waals surface area contributed by atoms with E-state index in [1.165, 1.54) is 12.1 Å². The molecule has 8 nitrogen and oxygen atoms in total. The summed E-state index contributed by atoms with van der Waals surface area (Å²) < 4.78 is 5.26. The average molecular weight is 426 g/mol. The lowest BCUT2D eigenvalue weighted by atomic mass is 10.0. The van der Waals surface area contributed by atoms with Crippen LogP contribution >= 0.6 is 11.6 Å². The molecule has 2 aromatic carbocycles. The van der Waals surface area contributed by atoms with Crippen LogP contribution in [-0.4, -0.2) is 28.4 Å². The molecule has 0 unspecified atom stereocenters. The van der Waals surface area contributed by atoms with Crippen molar-refractivity contribution in [1.29, 1.82) is 0 Å². The molecule has 0 aliphatic heterocycles. The Morgan fingerprint density at radius 1 is 1.20 bits per heavy atom. The monoisotopic (exact) mass is 425 g/mol. The number of amides is 1. The number of benzene rings is 2. The van der Waals surface area contributed by atoms with Crippen LogP contribution in [-0.2, 0) is 22.4 Å². The summed E-state index contributed by atoms with van der Waals surface area (Å²) in [7, 11) is 0. The first-order chi connectivity index (χ1) is 14.4. The lowest BCUT2D eigenvalue weighted by Crippen LogP contribution is -2.21. The Morgan fingerprint density at radius 2 is 2.00 bits per heavy atom. The second kappa shape index (κ2) is 8.08. The summed E-state index contributed by atoms with van der Waals surface area (Å²) in [6.45, 7) is -0.527. The van der Waals surface area contributed by atoms with Gasteiger partial charge in [0.2, 0.25) is 0 Å². The molecule has 4 rings (SSSR count). The summed E-state index contributed by atoms with van der Waals surface area (Å²) >= 11 is 5.76. The number of nitrogens with one attached hydrogen (secondary N) is 1. The molecular weight excluding hydrogens is 410 g/mol. The number of rotatable bonds is 5. The number of nitrogens with zero attached hydrogens (tertiary/aromatic N) is 2. The highest BCUT2D eigenvalue weighted by Crippen LogP contribution is 2.30. The number of aryl methyl sites for hydroxylation is 1. The van der Waals surface area contributed by atoms with Gasteiger partial charge >= 0.3 is 5.97 Å². The molecule has 0 atom stereocenters. The van der Waals surface area contributed by atoms with Gasteiger partial charge in [-0.25, -0.2) is 4.79 Å². The van der Waals surface area contributed by atoms with Crippen LogP contribution in [0.15, 0.2) is 42.5 Å². The van der Waals surface area contributed by atoms with Gasteiger partial charge in [-0.2, -0.15) is 0 Å². The third-order valence-electron chi connectivity index (χ3n) is 4.88. The number of hydrogen-bond acceptors (Lipinski definition) is 6. The number of pyridine rings is 1. The van der Waals surface area contributed by atoms with Crippen molar-refractivity contribution in [2.24, 2.45) is 0 Å². The minimum Gasteiger partial charge on any atom is -0.452 e. The summed E-state index contributed by atoms with van der Waals surface area (Å²) in [5.41, 5.74) is 2.77. The maximum Gasteiger partial charge on any atom is 0.339 e. The zero-order valence-corrected chi connectivity index (χ0v) is 16.4. The number of aromatic nitrogens is 1. The number of nitro groups is 1. The van der Waals surface area contributed by atoms with Crippen LogP contribution in [0.3, 0.4) is 0 Å². The quantitative estimate of drug-likeness (QED) is 0.374. The smallest absolute Gasteiger partial charge is 0.339 e. The minimum absolute atomic E-state index is 0.0390. The molecule has 1 aliphatic rings. The molecule has 1 aliphatic carbocycles. The highest BCUT2D eigenvalue weighted by Gasteiger charge is 2.25. The summed E-state index contributed by atoms with van der Waals surface area (Å²) in [5, 5.41) is 14.1. The molecular formula is C21H16ClN3O5. The molecule has 0 saturated carbocycles. The number of halogens is 1. The van der Waals surface area contributed by atoms with Crippen LogP contribution in [0, 0.1) is 10.1 Å². The predicted octanol–water partition coefficient (Wildman–Crippen LogP) is 4.08. The van der Waals surface area contributed by atoms with E-state index in [2.05, 4.69) is 10.3 Å². The minimum atomic E-state index is -0.646. The van der Waals surface area contributed by atoms with Crippen molar-refractivity contribution in [1.82, 2.24) is 4.98 Å². The normalized spacial score (nSPS) is 12.4. The standard InChI is InChI=1S/C21H16ClN3O5/c22-15-9-8-12(10-18(15)25(28)29)23-19(26)11-30-21(27)20-13-4-1-2-6-16(13)24-17-7-3-5-14(17)20/h1-2,4,6,8-10H,3,5,7,11H2,(H,23,26). The van der Waals surface area contributed by atoms with Gasteiger partial charge in [-0.15, -0.1) is 0 Å². The molecule has 1 N–H and O–H groups in total. The van der Waals surface area contributed by atoms with E-state index in [0.29, 0.717) is 16.5 Å². The van der Waals surface area contributed by atoms with Gasteiger partial charge in [0.25, 0.3) is 11.6 Å². The molecule has 0 radical (unpaired) electrons. The van der Waals surface area contributed by atoms with Crippen molar-refractivity contribution in [2.75, 3.05) is 11.9 Å². The number of anilines is 1. The molecule has 1 amide bonds. The summed E-state index contributed by atoms with van der Waals surface area (Å²) in [6, 6.07) is 11.2. The van der Waals surface area contributed by atoms with E-state index in [1.54, 1.807) is 0 Å². The molecule has 152 valence electrons. The molecule has 3 aromatic rings. The van der Waals surface area contributed by atoms with E-state index < -0.39 is 23.4 Å². The number of fused-ring (bicyclic) bond motifs is 2. The maximum absolute atomic E-state index is 12.8. The first-order valence-electron chi connectivity index (χ1n) is 9.25. The van der Waals surface area contributed by atoms with Crippen LogP contribution < -0.4 is 5.32 Å². The Labute approximate surface area is 176 Å². The third-order valence-corrected chi connectivity index (χ3v) is 5.20. The molecule has 0 spiro atoms. The van der Waals surface area contributed by atoms with E-state index in [-0.39, 0.29) is 16.4 Å². The summed E-state index contributed by atoms with van der Waals surface area (Å²) in [4.78, 5) is 40.0. The van der Waals surface area contributed by atoms with E-state index in [0.717, 1.165) is 36.6 Å². The molecule has 9 heteroatoms. The fourth-order valence-electron chi connectivity index (χ4n) is 3.57. The number of carbonyl (C=O) groups is 2. The van der Waals surface area contributed by atoms with Gasteiger partial charge in [0.05, 0.1) is 16.0 Å². The number of carbonyl (C=O) groups excluding carboxylic acids is 2. The number of esters is 1. The summed E-state index contributed by atoms with van der Waals surface area (Å²) in [6.07, 6.45) is 2.45. The second-order valence-electron chi connectivity index (χ2n) is 6.83. The van der Waals surface area contributed by atoms with Crippen LogP contribution in [0.5, 0.6) is 0 Å². The van der Waals surface area contributed by atoms with Crippen molar-refractivity contribution in [3.05, 3.63) is 74.4 Å². The molecule has 0 saturated heterocycles.